The number of para-hydroxylation sites is 2. The molecule has 0 atom stereocenters. The van der Waals surface area contributed by atoms with Crippen LogP contribution in [0.2, 0.25) is 0 Å². The first-order valence-corrected chi connectivity index (χ1v) is 17.8. The molecule has 0 aliphatic carbocycles. The van der Waals surface area contributed by atoms with E-state index >= 15 is 0 Å². The average molecular weight is 867 g/mol. The van der Waals surface area contributed by atoms with Crippen molar-refractivity contribution in [3.63, 3.8) is 0 Å². The molecule has 0 saturated heterocycles. The van der Waals surface area contributed by atoms with E-state index in [1.807, 2.05) is 48.8 Å². The van der Waals surface area contributed by atoms with Crippen LogP contribution in [0.3, 0.4) is 0 Å². The van der Waals surface area contributed by atoms with Gasteiger partial charge in [-0.15, -0.1) is 47.5 Å². The van der Waals surface area contributed by atoms with E-state index in [4.69, 9.17) is 14.5 Å². The van der Waals surface area contributed by atoms with E-state index in [1.54, 1.807) is 0 Å². The summed E-state index contributed by atoms with van der Waals surface area (Å²) in [6.07, 6.45) is 3.91. The summed E-state index contributed by atoms with van der Waals surface area (Å²) in [4.78, 5) is 9.35. The number of benzene rings is 5. The van der Waals surface area contributed by atoms with Gasteiger partial charge < -0.3 is 19.4 Å². The van der Waals surface area contributed by atoms with Crippen LogP contribution < -0.4 is 25.9 Å². The third-order valence-corrected chi connectivity index (χ3v) is 10.2. The minimum atomic E-state index is 0. The van der Waals surface area contributed by atoms with Gasteiger partial charge in [0.1, 0.15) is 11.5 Å². The molecule has 0 saturated carbocycles. The molecule has 6 heteroatoms. The zero-order valence-electron chi connectivity index (χ0n) is 31.0. The first-order chi connectivity index (χ1) is 25.2. The summed E-state index contributed by atoms with van der Waals surface area (Å²) in [5.41, 5.74) is 18.2. The number of nitrogens with zero attached hydrogens (tertiary/aromatic N) is 2. The number of aromatic nitrogens is 2. The van der Waals surface area contributed by atoms with Crippen molar-refractivity contribution in [1.29, 1.82) is 0 Å². The van der Waals surface area contributed by atoms with Crippen molar-refractivity contribution in [3.05, 3.63) is 161 Å². The van der Waals surface area contributed by atoms with Crippen LogP contribution in [0.4, 0.5) is 0 Å². The Labute approximate surface area is 326 Å². The number of rotatable bonds is 3. The van der Waals surface area contributed by atoms with Gasteiger partial charge in [0, 0.05) is 49.6 Å². The van der Waals surface area contributed by atoms with Crippen LogP contribution in [-0.4, -0.2) is 16.7 Å². The fraction of sp³-hybridized carbons (Fsp3) is 0.149. The Hall–Kier alpha value is -5.29. The van der Waals surface area contributed by atoms with Gasteiger partial charge >= 0.3 is 0 Å². The Morgan fingerprint density at radius 3 is 1.83 bits per heavy atom. The fourth-order valence-electron chi connectivity index (χ4n) is 7.51. The van der Waals surface area contributed by atoms with Gasteiger partial charge in [-0.3, -0.25) is 0 Å². The molecule has 4 nitrogen and oxygen atoms in total. The molecule has 5 aromatic carbocycles. The number of hydrogen-bond acceptors (Lipinski definition) is 4. The molecule has 7 aromatic rings. The minimum absolute atomic E-state index is 0. The molecule has 2 aromatic heterocycles. The molecule has 2 aliphatic heterocycles. The van der Waals surface area contributed by atoms with E-state index in [0.29, 0.717) is 0 Å². The first-order valence-electron chi connectivity index (χ1n) is 17.8. The summed E-state index contributed by atoms with van der Waals surface area (Å²) < 4.78 is 12.9. The Morgan fingerprint density at radius 2 is 1.19 bits per heavy atom. The van der Waals surface area contributed by atoms with E-state index in [2.05, 4.69) is 126 Å². The Bertz CT molecular complexity index is 2480. The molecule has 0 N–H and O–H groups in total. The zero-order chi connectivity index (χ0) is 36.1. The van der Waals surface area contributed by atoms with Crippen molar-refractivity contribution in [3.8, 4) is 56.6 Å². The standard InChI is InChI=1S/C33H25BNO2.C14H14N.Ir/c1-19-15-21(3)31(22(4)16-19)24-18-35-27(17-20(24)2)23-13-14-30-32-33(23)37-29-12-8-6-10-26(29)34(32)25-9-5-7-11-28(25)36-30;1-10-4-6-13(7-5-10)14-8-11(2)12(3)9-15-14;/h5-12,14-18H,1-4H3;4-6,8-9H,1-3H3;/q2*-1;. The maximum atomic E-state index is 6.58. The van der Waals surface area contributed by atoms with E-state index in [0.717, 1.165) is 67.5 Å². The molecule has 0 spiro atoms. The van der Waals surface area contributed by atoms with Crippen molar-refractivity contribution >= 4 is 23.1 Å². The first kappa shape index (κ1) is 36.1. The molecular weight excluding hydrogens is 828 g/mol. The van der Waals surface area contributed by atoms with E-state index in [-0.39, 0.29) is 26.8 Å². The smallest absolute Gasteiger partial charge is 0.239 e. The van der Waals surface area contributed by atoms with Gasteiger partial charge in [0.15, 0.2) is 0 Å². The summed E-state index contributed by atoms with van der Waals surface area (Å²) >= 11 is 0. The topological polar surface area (TPSA) is 44.2 Å². The van der Waals surface area contributed by atoms with Gasteiger partial charge in [-0.2, -0.15) is 0 Å². The second-order valence-electron chi connectivity index (χ2n) is 14.1. The van der Waals surface area contributed by atoms with Gasteiger partial charge in [-0.05, 0) is 104 Å². The normalized spacial score (nSPS) is 11.8. The van der Waals surface area contributed by atoms with Gasteiger partial charge in [0.2, 0.25) is 6.71 Å². The zero-order valence-corrected chi connectivity index (χ0v) is 33.4. The monoisotopic (exact) mass is 867 g/mol. The molecule has 0 unspecified atom stereocenters. The molecule has 0 amide bonds. The Kier molecular flexibility index (Phi) is 9.96. The quantitative estimate of drug-likeness (QED) is 0.131. The van der Waals surface area contributed by atoms with Crippen LogP contribution in [0, 0.1) is 60.6 Å². The summed E-state index contributed by atoms with van der Waals surface area (Å²) in [6.45, 7) is 14.9. The predicted octanol–water partition coefficient (Wildman–Crippen LogP) is 9.65. The number of hydrogen-bond donors (Lipinski definition) is 0. The summed E-state index contributed by atoms with van der Waals surface area (Å²) in [5, 5.41) is 0. The third-order valence-electron chi connectivity index (χ3n) is 10.2. The van der Waals surface area contributed by atoms with Crippen LogP contribution in [-0.2, 0) is 20.1 Å². The molecule has 4 heterocycles. The molecule has 263 valence electrons. The second-order valence-corrected chi connectivity index (χ2v) is 14.1. The van der Waals surface area contributed by atoms with Crippen molar-refractivity contribution in [2.75, 3.05) is 0 Å². The minimum Gasteiger partial charge on any atom is -0.503 e. The summed E-state index contributed by atoms with van der Waals surface area (Å²) in [6, 6.07) is 40.0. The van der Waals surface area contributed by atoms with E-state index in [9.17, 15) is 0 Å². The number of ether oxygens (including phenoxy) is 2. The van der Waals surface area contributed by atoms with Crippen molar-refractivity contribution < 1.29 is 29.6 Å². The summed E-state index contributed by atoms with van der Waals surface area (Å²) in [7, 11) is 0. The van der Waals surface area contributed by atoms with Crippen molar-refractivity contribution in [1.82, 2.24) is 9.97 Å². The SMILES string of the molecule is Cc1c[c-]c(-c2cc(C)c(C)cn2)cc1.Cc1cc(C)c(-c2cnc(-c3[c-]cc4c5c3Oc3ccccc3B5c3ccccc3O4)cc2C)c(C)c1.[Ir]. The maximum Gasteiger partial charge on any atom is 0.239 e. The van der Waals surface area contributed by atoms with Gasteiger partial charge in [0.05, 0.1) is 0 Å². The Balaban J connectivity index is 0.000000229. The molecule has 9 rings (SSSR count). The number of pyridine rings is 2. The van der Waals surface area contributed by atoms with Crippen LogP contribution in [0.5, 0.6) is 23.0 Å². The van der Waals surface area contributed by atoms with Crippen molar-refractivity contribution in [2.24, 2.45) is 0 Å². The van der Waals surface area contributed by atoms with Gasteiger partial charge in [-0.1, -0.05) is 89.7 Å². The molecule has 0 fully saturated rings. The molecule has 1 radical (unpaired) electrons. The van der Waals surface area contributed by atoms with Gasteiger partial charge in [0.25, 0.3) is 0 Å². The largest absolute Gasteiger partial charge is 0.503 e. The molecule has 2 aliphatic rings. The van der Waals surface area contributed by atoms with E-state index < -0.39 is 0 Å². The van der Waals surface area contributed by atoms with Crippen LogP contribution in [0.15, 0.2) is 109 Å². The fourth-order valence-corrected chi connectivity index (χ4v) is 7.51. The molecule has 53 heavy (non-hydrogen) atoms. The number of fused-ring (bicyclic) bond motifs is 4. The predicted molar refractivity (Wildman–Crippen MR) is 213 cm³/mol. The van der Waals surface area contributed by atoms with E-state index in [1.165, 1.54) is 44.5 Å². The Morgan fingerprint density at radius 1 is 0.547 bits per heavy atom. The summed E-state index contributed by atoms with van der Waals surface area (Å²) in [5.74, 6) is 3.31. The van der Waals surface area contributed by atoms with Gasteiger partial charge in [-0.25, -0.2) is 0 Å². The average Bonchev–Trinajstić information content (AvgIpc) is 3.13. The molecule has 0 bridgehead atoms. The molecular formula is C47H39BIrN2O2-2. The van der Waals surface area contributed by atoms with Crippen LogP contribution in [0.25, 0.3) is 33.6 Å². The maximum absolute atomic E-state index is 6.58. The number of aryl methyl sites for hydroxylation is 7. The third kappa shape index (κ3) is 6.74. The van der Waals surface area contributed by atoms with Crippen LogP contribution in [0.1, 0.15) is 38.9 Å². The van der Waals surface area contributed by atoms with Crippen LogP contribution >= 0.6 is 0 Å². The van der Waals surface area contributed by atoms with Crippen molar-refractivity contribution in [2.45, 2.75) is 48.5 Å². The second kappa shape index (κ2) is 14.6.